The van der Waals surface area contributed by atoms with E-state index in [4.69, 9.17) is 15.9 Å². The van der Waals surface area contributed by atoms with Crippen LogP contribution in [0.15, 0.2) is 12.1 Å². The van der Waals surface area contributed by atoms with Gasteiger partial charge in [0.05, 0.1) is 11.5 Å². The first kappa shape index (κ1) is 13.3. The monoisotopic (exact) mass is 246 g/mol. The maximum absolute atomic E-state index is 13.4. The average Bonchev–Trinajstić information content (AvgIpc) is 2.26. The number of nitrogens with zero attached hydrogens (tertiary/aromatic N) is 1. The highest BCUT2D eigenvalue weighted by Crippen LogP contribution is 2.29. The number of nitrogens with two attached hydrogens (primary N) is 1. The molecule has 8 heteroatoms. The maximum Gasteiger partial charge on any atom is 0.292 e. The first-order chi connectivity index (χ1) is 7.88. The van der Waals surface area contributed by atoms with Gasteiger partial charge < -0.3 is 21.1 Å². The Morgan fingerprint density at radius 3 is 2.53 bits per heavy atom. The smallest absolute Gasteiger partial charge is 0.292 e. The number of anilines is 1. The van der Waals surface area contributed by atoms with Crippen LogP contribution in [0.2, 0.25) is 0 Å². The number of nitrogen functional groups attached to an aromatic ring is 1. The standard InChI is InChI=1S/C9H11FN2O5/c10-5-2-6(11)7(12(16)17)1-4(5)9(15)8(14)3-13/h1-2,8-9,13-15H,3,11H2. The van der Waals surface area contributed by atoms with Gasteiger partial charge in [-0.25, -0.2) is 4.39 Å². The molecule has 7 nitrogen and oxygen atoms in total. The van der Waals surface area contributed by atoms with Gasteiger partial charge in [0.2, 0.25) is 0 Å². The van der Waals surface area contributed by atoms with Crippen LogP contribution in [-0.4, -0.2) is 33.0 Å². The zero-order valence-corrected chi connectivity index (χ0v) is 8.58. The fourth-order valence-electron chi connectivity index (χ4n) is 1.29. The number of nitro groups is 1. The minimum atomic E-state index is -1.76. The molecule has 0 spiro atoms. The largest absolute Gasteiger partial charge is 0.394 e. The third kappa shape index (κ3) is 2.67. The van der Waals surface area contributed by atoms with Crippen LogP contribution in [0.25, 0.3) is 0 Å². The molecule has 94 valence electrons. The second kappa shape index (κ2) is 5.04. The lowest BCUT2D eigenvalue weighted by molar-refractivity contribution is -0.384. The van der Waals surface area contributed by atoms with Crippen LogP contribution in [-0.2, 0) is 0 Å². The second-order valence-electron chi connectivity index (χ2n) is 3.38. The van der Waals surface area contributed by atoms with Gasteiger partial charge in [0.25, 0.3) is 5.69 Å². The molecule has 0 aliphatic heterocycles. The van der Waals surface area contributed by atoms with E-state index >= 15 is 0 Å². The summed E-state index contributed by atoms with van der Waals surface area (Å²) < 4.78 is 13.4. The third-order valence-corrected chi connectivity index (χ3v) is 2.21. The summed E-state index contributed by atoms with van der Waals surface area (Å²) in [6.07, 6.45) is -3.40. The molecule has 1 rings (SSSR count). The van der Waals surface area contributed by atoms with E-state index in [1.165, 1.54) is 0 Å². The van der Waals surface area contributed by atoms with E-state index in [9.17, 15) is 19.6 Å². The van der Waals surface area contributed by atoms with E-state index < -0.39 is 40.8 Å². The summed E-state index contributed by atoms with van der Waals surface area (Å²) >= 11 is 0. The van der Waals surface area contributed by atoms with Gasteiger partial charge in [0.1, 0.15) is 23.7 Å². The molecule has 2 atom stereocenters. The van der Waals surface area contributed by atoms with Crippen molar-refractivity contribution < 1.29 is 24.6 Å². The molecular formula is C9H11FN2O5. The van der Waals surface area contributed by atoms with Gasteiger partial charge >= 0.3 is 0 Å². The molecule has 0 amide bonds. The van der Waals surface area contributed by atoms with Gasteiger partial charge in [-0.3, -0.25) is 10.1 Å². The molecule has 17 heavy (non-hydrogen) atoms. The van der Waals surface area contributed by atoms with Crippen molar-refractivity contribution in [3.63, 3.8) is 0 Å². The Labute approximate surface area is 95.1 Å². The van der Waals surface area contributed by atoms with Crippen molar-refractivity contribution in [2.24, 2.45) is 0 Å². The number of hydrogen-bond acceptors (Lipinski definition) is 6. The predicted molar refractivity (Wildman–Crippen MR) is 55.5 cm³/mol. The maximum atomic E-state index is 13.4. The Bertz CT molecular complexity index is 440. The average molecular weight is 246 g/mol. The van der Waals surface area contributed by atoms with E-state index in [-0.39, 0.29) is 5.69 Å². The summed E-state index contributed by atoms with van der Waals surface area (Å²) in [5, 5.41) is 37.7. The Hall–Kier alpha value is -1.77. The lowest BCUT2D eigenvalue weighted by Gasteiger charge is -2.16. The first-order valence-electron chi connectivity index (χ1n) is 4.58. The van der Waals surface area contributed by atoms with E-state index in [1.54, 1.807) is 0 Å². The molecule has 0 aliphatic carbocycles. The molecule has 1 aromatic carbocycles. The van der Waals surface area contributed by atoms with Crippen LogP contribution in [0.1, 0.15) is 11.7 Å². The van der Waals surface area contributed by atoms with E-state index in [1.807, 2.05) is 0 Å². The minimum Gasteiger partial charge on any atom is -0.394 e. The highest BCUT2D eigenvalue weighted by molar-refractivity contribution is 5.60. The third-order valence-electron chi connectivity index (χ3n) is 2.21. The number of rotatable bonds is 4. The Kier molecular flexibility index (Phi) is 3.94. The summed E-state index contributed by atoms with van der Waals surface area (Å²) in [4.78, 5) is 9.72. The van der Waals surface area contributed by atoms with E-state index in [0.717, 1.165) is 6.07 Å². The molecule has 1 aromatic rings. The molecule has 0 aliphatic rings. The zero-order valence-electron chi connectivity index (χ0n) is 8.58. The van der Waals surface area contributed by atoms with E-state index in [0.29, 0.717) is 6.07 Å². The number of aliphatic hydroxyl groups excluding tert-OH is 3. The predicted octanol–water partition coefficient (Wildman–Crippen LogP) is -0.297. The topological polar surface area (TPSA) is 130 Å². The highest BCUT2D eigenvalue weighted by atomic mass is 19.1. The van der Waals surface area contributed by atoms with Crippen LogP contribution in [0.5, 0.6) is 0 Å². The van der Waals surface area contributed by atoms with E-state index in [2.05, 4.69) is 0 Å². The first-order valence-corrected chi connectivity index (χ1v) is 4.58. The van der Waals surface area contributed by atoms with Crippen molar-refractivity contribution in [2.75, 3.05) is 12.3 Å². The molecule has 0 saturated carbocycles. The SMILES string of the molecule is Nc1cc(F)c(C(O)C(O)CO)cc1[N+](=O)[O-]. The molecule has 0 bridgehead atoms. The number of hydrogen-bond donors (Lipinski definition) is 4. The van der Waals surface area contributed by atoms with Crippen LogP contribution < -0.4 is 5.73 Å². The molecule has 0 heterocycles. The van der Waals surface area contributed by atoms with Crippen molar-refractivity contribution in [1.82, 2.24) is 0 Å². The molecule has 0 fully saturated rings. The number of nitro benzene ring substituents is 1. The summed E-state index contributed by atoms with van der Waals surface area (Å²) in [5.74, 6) is -0.992. The minimum absolute atomic E-state index is 0.387. The van der Waals surface area contributed by atoms with Gasteiger partial charge in [-0.15, -0.1) is 0 Å². The Morgan fingerprint density at radius 1 is 1.47 bits per heavy atom. The molecule has 2 unspecified atom stereocenters. The molecular weight excluding hydrogens is 235 g/mol. The summed E-state index contributed by atoms with van der Waals surface area (Å²) in [6.45, 7) is -0.807. The van der Waals surface area contributed by atoms with Gasteiger partial charge in [-0.1, -0.05) is 0 Å². The lowest BCUT2D eigenvalue weighted by atomic mass is 10.0. The molecule has 0 radical (unpaired) electrons. The Balaban J connectivity index is 3.24. The van der Waals surface area contributed by atoms with Gasteiger partial charge in [0.15, 0.2) is 0 Å². The van der Waals surface area contributed by atoms with Crippen molar-refractivity contribution in [3.8, 4) is 0 Å². The molecule has 5 N–H and O–H groups in total. The number of halogens is 1. The normalized spacial score (nSPS) is 14.4. The van der Waals surface area contributed by atoms with Crippen molar-refractivity contribution >= 4 is 11.4 Å². The lowest BCUT2D eigenvalue weighted by Crippen LogP contribution is -2.23. The van der Waals surface area contributed by atoms with Gasteiger partial charge in [0, 0.05) is 17.7 Å². The zero-order chi connectivity index (χ0) is 13.2. The van der Waals surface area contributed by atoms with Crippen molar-refractivity contribution in [1.29, 1.82) is 0 Å². The number of aliphatic hydroxyl groups is 3. The van der Waals surface area contributed by atoms with Crippen molar-refractivity contribution in [3.05, 3.63) is 33.6 Å². The van der Waals surface area contributed by atoms with Crippen LogP contribution in [0.4, 0.5) is 15.8 Å². The van der Waals surface area contributed by atoms with Crippen LogP contribution in [0.3, 0.4) is 0 Å². The van der Waals surface area contributed by atoms with Crippen LogP contribution in [0, 0.1) is 15.9 Å². The van der Waals surface area contributed by atoms with Crippen molar-refractivity contribution in [2.45, 2.75) is 12.2 Å². The highest BCUT2D eigenvalue weighted by Gasteiger charge is 2.25. The van der Waals surface area contributed by atoms with Gasteiger partial charge in [-0.2, -0.15) is 0 Å². The fraction of sp³-hybridized carbons (Fsp3) is 0.333. The fourth-order valence-corrected chi connectivity index (χ4v) is 1.29. The van der Waals surface area contributed by atoms with Crippen LogP contribution >= 0.6 is 0 Å². The second-order valence-corrected chi connectivity index (χ2v) is 3.38. The Morgan fingerprint density at radius 2 is 2.06 bits per heavy atom. The molecule has 0 aromatic heterocycles. The summed E-state index contributed by atoms with van der Waals surface area (Å²) in [6, 6.07) is 1.41. The quantitative estimate of drug-likeness (QED) is 0.328. The van der Waals surface area contributed by atoms with Gasteiger partial charge in [-0.05, 0) is 0 Å². The molecule has 0 saturated heterocycles. The summed E-state index contributed by atoms with van der Waals surface area (Å²) in [7, 11) is 0. The summed E-state index contributed by atoms with van der Waals surface area (Å²) in [5.41, 5.74) is 3.77. The number of benzene rings is 1.